The molecule has 0 aliphatic carbocycles. The third kappa shape index (κ3) is 6.20. The summed E-state index contributed by atoms with van der Waals surface area (Å²) in [6, 6.07) is 23.9. The second-order valence-electron chi connectivity index (χ2n) is 7.68. The molecule has 0 aromatic heterocycles. The van der Waals surface area contributed by atoms with Gasteiger partial charge in [-0.3, -0.25) is 9.59 Å². The fourth-order valence-electron chi connectivity index (χ4n) is 3.60. The average molecular weight is 443 g/mol. The summed E-state index contributed by atoms with van der Waals surface area (Å²) in [5.74, 6) is -0.0628. The lowest BCUT2D eigenvalue weighted by molar-refractivity contribution is -0.118. The van der Waals surface area contributed by atoms with Crippen molar-refractivity contribution >= 4 is 29.4 Å². The van der Waals surface area contributed by atoms with Crippen LogP contribution >= 0.6 is 0 Å². The molecule has 2 N–H and O–H groups in total. The van der Waals surface area contributed by atoms with E-state index in [9.17, 15) is 9.59 Å². The largest absolute Gasteiger partial charge is 0.483 e. The zero-order chi connectivity index (χ0) is 22.9. The molecule has 0 atom stereocenters. The van der Waals surface area contributed by atoms with E-state index in [0.29, 0.717) is 22.6 Å². The third-order valence-electron chi connectivity index (χ3n) is 5.31. The molecule has 168 valence electrons. The molecule has 4 rings (SSSR count). The van der Waals surface area contributed by atoms with Gasteiger partial charge in [0.2, 0.25) is 0 Å². The highest BCUT2D eigenvalue weighted by Gasteiger charge is 2.13. The standard InChI is InChI=1S/C26H26N4O3/c31-25(28-22-9-2-1-3-10-22)19-33-24-11-5-4-8-21(24)18-27-29-26(32)20-12-14-23(15-13-20)30-16-6-7-17-30/h1-5,8-15,18H,6-7,16-17,19H2,(H,28,31)(H,29,32)/b27-18-. The number of carbonyl (C=O) groups excluding carboxylic acids is 2. The molecule has 0 saturated carbocycles. The van der Waals surface area contributed by atoms with Crippen LogP contribution in [0.25, 0.3) is 0 Å². The van der Waals surface area contributed by atoms with Crippen LogP contribution in [0.15, 0.2) is 84.0 Å². The van der Waals surface area contributed by atoms with Gasteiger partial charge >= 0.3 is 0 Å². The molecule has 1 aliphatic rings. The summed E-state index contributed by atoms with van der Waals surface area (Å²) in [6.45, 7) is 1.98. The van der Waals surface area contributed by atoms with Crippen LogP contribution in [0.2, 0.25) is 0 Å². The Hall–Kier alpha value is -4.13. The van der Waals surface area contributed by atoms with E-state index in [-0.39, 0.29) is 18.4 Å². The Kier molecular flexibility index (Phi) is 7.33. The summed E-state index contributed by atoms with van der Waals surface area (Å²) >= 11 is 0. The van der Waals surface area contributed by atoms with Gasteiger partial charge in [-0.25, -0.2) is 5.43 Å². The first-order valence-corrected chi connectivity index (χ1v) is 10.9. The van der Waals surface area contributed by atoms with Crippen molar-refractivity contribution in [3.63, 3.8) is 0 Å². The van der Waals surface area contributed by atoms with Gasteiger partial charge < -0.3 is 15.0 Å². The van der Waals surface area contributed by atoms with Crippen molar-refractivity contribution in [1.29, 1.82) is 0 Å². The lowest BCUT2D eigenvalue weighted by Crippen LogP contribution is -2.20. The summed E-state index contributed by atoms with van der Waals surface area (Å²) in [4.78, 5) is 26.9. The molecule has 33 heavy (non-hydrogen) atoms. The Bertz CT molecular complexity index is 1110. The van der Waals surface area contributed by atoms with E-state index < -0.39 is 0 Å². The summed E-state index contributed by atoms with van der Waals surface area (Å²) in [6.07, 6.45) is 3.92. The van der Waals surface area contributed by atoms with E-state index >= 15 is 0 Å². The number of ether oxygens (including phenoxy) is 1. The molecule has 1 aliphatic heterocycles. The first-order valence-electron chi connectivity index (χ1n) is 10.9. The lowest BCUT2D eigenvalue weighted by Gasteiger charge is -2.17. The Labute approximate surface area is 193 Å². The van der Waals surface area contributed by atoms with Crippen LogP contribution in [0.4, 0.5) is 11.4 Å². The van der Waals surface area contributed by atoms with Gasteiger partial charge in [-0.05, 0) is 61.4 Å². The van der Waals surface area contributed by atoms with E-state index in [1.54, 1.807) is 36.4 Å². The number of carbonyl (C=O) groups is 2. The van der Waals surface area contributed by atoms with E-state index in [4.69, 9.17) is 4.74 Å². The Balaban J connectivity index is 1.31. The van der Waals surface area contributed by atoms with Crippen molar-refractivity contribution < 1.29 is 14.3 Å². The molecule has 3 aromatic carbocycles. The number of nitrogens with zero attached hydrogens (tertiary/aromatic N) is 2. The van der Waals surface area contributed by atoms with Gasteiger partial charge in [0.1, 0.15) is 5.75 Å². The highest BCUT2D eigenvalue weighted by Crippen LogP contribution is 2.20. The smallest absolute Gasteiger partial charge is 0.271 e. The fourth-order valence-corrected chi connectivity index (χ4v) is 3.60. The van der Waals surface area contributed by atoms with Crippen LogP contribution in [0.5, 0.6) is 5.75 Å². The molecule has 1 heterocycles. The van der Waals surface area contributed by atoms with Gasteiger partial charge in [0, 0.05) is 35.6 Å². The minimum atomic E-state index is -0.292. The molecular formula is C26H26N4O3. The van der Waals surface area contributed by atoms with Gasteiger partial charge in [-0.1, -0.05) is 30.3 Å². The Morgan fingerprint density at radius 3 is 2.36 bits per heavy atom. The molecule has 2 amide bonds. The van der Waals surface area contributed by atoms with Crippen molar-refractivity contribution in [2.45, 2.75) is 12.8 Å². The van der Waals surface area contributed by atoms with E-state index in [1.165, 1.54) is 19.1 Å². The maximum Gasteiger partial charge on any atom is 0.271 e. The van der Waals surface area contributed by atoms with Crippen LogP contribution in [0.3, 0.4) is 0 Å². The molecule has 0 bridgehead atoms. The second kappa shape index (κ2) is 10.9. The predicted molar refractivity (Wildman–Crippen MR) is 130 cm³/mol. The number of amides is 2. The first-order chi connectivity index (χ1) is 16.2. The van der Waals surface area contributed by atoms with Crippen LogP contribution in [0.1, 0.15) is 28.8 Å². The van der Waals surface area contributed by atoms with E-state index in [2.05, 4.69) is 20.7 Å². The topological polar surface area (TPSA) is 83.0 Å². The molecule has 7 heteroatoms. The van der Waals surface area contributed by atoms with Crippen LogP contribution < -0.4 is 20.4 Å². The van der Waals surface area contributed by atoms with Gasteiger partial charge in [0.15, 0.2) is 6.61 Å². The van der Waals surface area contributed by atoms with Gasteiger partial charge in [-0.2, -0.15) is 5.10 Å². The molecular weight excluding hydrogens is 416 g/mol. The van der Waals surface area contributed by atoms with Gasteiger partial charge in [-0.15, -0.1) is 0 Å². The summed E-state index contributed by atoms with van der Waals surface area (Å²) < 4.78 is 5.65. The fraction of sp³-hybridized carbons (Fsp3) is 0.192. The van der Waals surface area contributed by atoms with Crippen molar-refractivity contribution in [1.82, 2.24) is 5.43 Å². The second-order valence-corrected chi connectivity index (χ2v) is 7.68. The SMILES string of the molecule is O=C(COc1ccccc1/C=N\NC(=O)c1ccc(N2CCCC2)cc1)Nc1ccccc1. The molecule has 0 unspecified atom stereocenters. The molecule has 1 fully saturated rings. The van der Waals surface area contributed by atoms with Gasteiger partial charge in [0.25, 0.3) is 11.8 Å². The summed E-state index contributed by atoms with van der Waals surface area (Å²) in [5.41, 5.74) is 5.57. The zero-order valence-corrected chi connectivity index (χ0v) is 18.2. The van der Waals surface area contributed by atoms with Crippen LogP contribution in [-0.4, -0.2) is 37.7 Å². The average Bonchev–Trinajstić information content (AvgIpc) is 3.39. The van der Waals surface area contributed by atoms with Crippen LogP contribution in [0, 0.1) is 0 Å². The molecule has 3 aromatic rings. The maximum absolute atomic E-state index is 12.4. The number of rotatable bonds is 8. The number of hydrogen-bond donors (Lipinski definition) is 2. The minimum absolute atomic E-state index is 0.143. The van der Waals surface area contributed by atoms with Crippen molar-refractivity contribution in [3.05, 3.63) is 90.0 Å². The number of anilines is 2. The molecule has 0 radical (unpaired) electrons. The summed E-state index contributed by atoms with van der Waals surface area (Å²) in [5, 5.41) is 6.83. The number of hydrazone groups is 1. The van der Waals surface area contributed by atoms with E-state index in [0.717, 1.165) is 18.8 Å². The van der Waals surface area contributed by atoms with Crippen molar-refractivity contribution in [2.24, 2.45) is 5.10 Å². The Morgan fingerprint density at radius 1 is 0.909 bits per heavy atom. The van der Waals surface area contributed by atoms with Crippen LogP contribution in [-0.2, 0) is 4.79 Å². The number of nitrogens with one attached hydrogen (secondary N) is 2. The first kappa shape index (κ1) is 22.1. The predicted octanol–water partition coefficient (Wildman–Crippen LogP) is 4.07. The minimum Gasteiger partial charge on any atom is -0.483 e. The lowest BCUT2D eigenvalue weighted by atomic mass is 10.2. The number of hydrogen-bond acceptors (Lipinski definition) is 5. The molecule has 7 nitrogen and oxygen atoms in total. The normalized spacial score (nSPS) is 13.2. The van der Waals surface area contributed by atoms with E-state index in [1.807, 2.05) is 42.5 Å². The molecule has 1 saturated heterocycles. The number of para-hydroxylation sites is 2. The maximum atomic E-state index is 12.4. The highest BCUT2D eigenvalue weighted by atomic mass is 16.5. The third-order valence-corrected chi connectivity index (χ3v) is 5.31. The quantitative estimate of drug-likeness (QED) is 0.407. The Morgan fingerprint density at radius 2 is 1.61 bits per heavy atom. The van der Waals surface area contributed by atoms with Crippen molar-refractivity contribution in [3.8, 4) is 5.75 Å². The monoisotopic (exact) mass is 442 g/mol. The zero-order valence-electron chi connectivity index (χ0n) is 18.2. The highest BCUT2D eigenvalue weighted by molar-refractivity contribution is 5.95. The number of benzene rings is 3. The van der Waals surface area contributed by atoms with Gasteiger partial charge in [0.05, 0.1) is 6.21 Å². The summed E-state index contributed by atoms with van der Waals surface area (Å²) in [7, 11) is 0. The van der Waals surface area contributed by atoms with Crippen molar-refractivity contribution in [2.75, 3.05) is 29.9 Å². The molecule has 0 spiro atoms.